The molecule has 1 aromatic carbocycles. The molecule has 17 heavy (non-hydrogen) atoms. The summed E-state index contributed by atoms with van der Waals surface area (Å²) in [5.74, 6) is 0. The average Bonchev–Trinajstić information content (AvgIpc) is 2.88. The van der Waals surface area contributed by atoms with Crippen LogP contribution in [0.5, 0.6) is 0 Å². The van der Waals surface area contributed by atoms with Crippen LogP contribution in [-0.4, -0.2) is 25.7 Å². The fraction of sp³-hybridized carbons (Fsp3) is 0.600. The summed E-state index contributed by atoms with van der Waals surface area (Å²) in [7, 11) is 0. The first-order valence-corrected chi connectivity index (χ1v) is 6.93. The van der Waals surface area contributed by atoms with Gasteiger partial charge in [-0.1, -0.05) is 31.5 Å². The molecule has 0 aliphatic carbocycles. The molecule has 0 bridgehead atoms. The van der Waals surface area contributed by atoms with E-state index in [0.29, 0.717) is 6.04 Å². The van der Waals surface area contributed by atoms with Crippen LogP contribution in [0.25, 0.3) is 0 Å². The van der Waals surface area contributed by atoms with Crippen molar-refractivity contribution in [3.63, 3.8) is 0 Å². The van der Waals surface area contributed by atoms with Gasteiger partial charge in [-0.05, 0) is 37.9 Å². The Labute approximate surface area is 105 Å². The fourth-order valence-corrected chi connectivity index (χ4v) is 2.49. The van der Waals surface area contributed by atoms with Crippen molar-refractivity contribution in [3.8, 4) is 0 Å². The number of hydrogen-bond acceptors (Lipinski definition) is 2. The van der Waals surface area contributed by atoms with Crippen molar-refractivity contribution in [1.29, 1.82) is 0 Å². The maximum atomic E-state index is 3.59. The molecule has 1 saturated heterocycles. The Balaban J connectivity index is 1.97. The molecule has 1 N–H and O–H groups in total. The molecule has 0 amide bonds. The summed E-state index contributed by atoms with van der Waals surface area (Å²) in [6.07, 6.45) is 5.21. The molecule has 1 fully saturated rings. The Hall–Kier alpha value is -1.02. The van der Waals surface area contributed by atoms with Gasteiger partial charge in [-0.15, -0.1) is 0 Å². The molecule has 1 atom stereocenters. The number of anilines is 1. The monoisotopic (exact) mass is 232 g/mol. The van der Waals surface area contributed by atoms with E-state index in [4.69, 9.17) is 0 Å². The van der Waals surface area contributed by atoms with E-state index in [1.54, 1.807) is 0 Å². The molecule has 1 aliphatic heterocycles. The van der Waals surface area contributed by atoms with Gasteiger partial charge in [0, 0.05) is 24.8 Å². The van der Waals surface area contributed by atoms with Gasteiger partial charge in [0.1, 0.15) is 0 Å². The second kappa shape index (κ2) is 6.65. The third kappa shape index (κ3) is 3.74. The predicted octanol–water partition coefficient (Wildman–Crippen LogP) is 3.05. The lowest BCUT2D eigenvalue weighted by Crippen LogP contribution is -2.38. The van der Waals surface area contributed by atoms with Crippen LogP contribution in [0.1, 0.15) is 32.6 Å². The van der Waals surface area contributed by atoms with Gasteiger partial charge in [0.15, 0.2) is 0 Å². The Morgan fingerprint density at radius 3 is 2.76 bits per heavy atom. The van der Waals surface area contributed by atoms with Crippen LogP contribution in [0.15, 0.2) is 30.3 Å². The number of nitrogens with one attached hydrogen (secondary N) is 1. The summed E-state index contributed by atoms with van der Waals surface area (Å²) >= 11 is 0. The van der Waals surface area contributed by atoms with Crippen LogP contribution >= 0.6 is 0 Å². The Morgan fingerprint density at radius 2 is 2.12 bits per heavy atom. The van der Waals surface area contributed by atoms with Gasteiger partial charge in [0.2, 0.25) is 0 Å². The minimum absolute atomic E-state index is 0.687. The summed E-state index contributed by atoms with van der Waals surface area (Å²) in [4.78, 5) is 2.53. The topological polar surface area (TPSA) is 15.3 Å². The number of hydrogen-bond donors (Lipinski definition) is 1. The zero-order valence-corrected chi connectivity index (χ0v) is 10.9. The Morgan fingerprint density at radius 1 is 1.29 bits per heavy atom. The number of unbranched alkanes of at least 4 members (excludes halogenated alkanes) is 1. The van der Waals surface area contributed by atoms with Gasteiger partial charge in [0.05, 0.1) is 0 Å². The zero-order chi connectivity index (χ0) is 11.9. The van der Waals surface area contributed by atoms with E-state index in [2.05, 4.69) is 47.5 Å². The van der Waals surface area contributed by atoms with Gasteiger partial charge in [-0.2, -0.15) is 0 Å². The van der Waals surface area contributed by atoms with Gasteiger partial charge in [-0.25, -0.2) is 0 Å². The first kappa shape index (κ1) is 12.4. The second-order valence-corrected chi connectivity index (χ2v) is 4.93. The van der Waals surface area contributed by atoms with Crippen LogP contribution < -0.4 is 10.2 Å². The molecule has 1 aliphatic rings. The van der Waals surface area contributed by atoms with Crippen molar-refractivity contribution in [3.05, 3.63) is 30.3 Å². The normalized spacial score (nSPS) is 19.5. The molecule has 0 spiro atoms. The molecule has 94 valence electrons. The fourth-order valence-electron chi connectivity index (χ4n) is 2.49. The van der Waals surface area contributed by atoms with Crippen molar-refractivity contribution in [2.24, 2.45) is 0 Å². The zero-order valence-electron chi connectivity index (χ0n) is 10.9. The maximum Gasteiger partial charge on any atom is 0.0366 e. The SMILES string of the molecule is CCCCN(CC1CCCN1)c1ccccc1. The third-order valence-electron chi connectivity index (χ3n) is 3.51. The van der Waals surface area contributed by atoms with Crippen molar-refractivity contribution < 1.29 is 0 Å². The van der Waals surface area contributed by atoms with E-state index in [1.165, 1.54) is 44.5 Å². The molecule has 1 aromatic rings. The van der Waals surface area contributed by atoms with Crippen molar-refractivity contribution in [2.75, 3.05) is 24.5 Å². The number of benzene rings is 1. The first-order chi connectivity index (χ1) is 8.40. The molecule has 1 unspecified atom stereocenters. The summed E-state index contributed by atoms with van der Waals surface area (Å²) in [5.41, 5.74) is 1.37. The molecule has 2 rings (SSSR count). The van der Waals surface area contributed by atoms with Gasteiger partial charge < -0.3 is 10.2 Å². The van der Waals surface area contributed by atoms with Crippen molar-refractivity contribution in [2.45, 2.75) is 38.6 Å². The predicted molar refractivity (Wildman–Crippen MR) is 74.6 cm³/mol. The van der Waals surface area contributed by atoms with E-state index in [1.807, 2.05) is 0 Å². The van der Waals surface area contributed by atoms with Crippen LogP contribution in [0.4, 0.5) is 5.69 Å². The number of para-hydroxylation sites is 1. The number of rotatable bonds is 6. The Kier molecular flexibility index (Phi) is 4.87. The van der Waals surface area contributed by atoms with E-state index in [-0.39, 0.29) is 0 Å². The Bertz CT molecular complexity index is 304. The molecule has 2 nitrogen and oxygen atoms in total. The van der Waals surface area contributed by atoms with Gasteiger partial charge in [0.25, 0.3) is 0 Å². The minimum Gasteiger partial charge on any atom is -0.370 e. The lowest BCUT2D eigenvalue weighted by atomic mass is 10.2. The van der Waals surface area contributed by atoms with Crippen LogP contribution in [0.2, 0.25) is 0 Å². The lowest BCUT2D eigenvalue weighted by molar-refractivity contribution is 0.572. The van der Waals surface area contributed by atoms with Gasteiger partial charge in [-0.3, -0.25) is 0 Å². The maximum absolute atomic E-state index is 3.59. The largest absolute Gasteiger partial charge is 0.370 e. The second-order valence-electron chi connectivity index (χ2n) is 4.93. The van der Waals surface area contributed by atoms with E-state index in [9.17, 15) is 0 Å². The highest BCUT2D eigenvalue weighted by atomic mass is 15.2. The van der Waals surface area contributed by atoms with Crippen molar-refractivity contribution in [1.82, 2.24) is 5.32 Å². The summed E-state index contributed by atoms with van der Waals surface area (Å²) < 4.78 is 0. The first-order valence-electron chi connectivity index (χ1n) is 6.93. The minimum atomic E-state index is 0.687. The molecule has 0 saturated carbocycles. The van der Waals surface area contributed by atoms with E-state index >= 15 is 0 Å². The summed E-state index contributed by atoms with van der Waals surface area (Å²) in [5, 5.41) is 3.59. The third-order valence-corrected chi connectivity index (χ3v) is 3.51. The van der Waals surface area contributed by atoms with Gasteiger partial charge >= 0.3 is 0 Å². The highest BCUT2D eigenvalue weighted by molar-refractivity contribution is 5.46. The van der Waals surface area contributed by atoms with Crippen LogP contribution in [0, 0.1) is 0 Å². The van der Waals surface area contributed by atoms with E-state index in [0.717, 1.165) is 6.54 Å². The summed E-state index contributed by atoms with van der Waals surface area (Å²) in [6.45, 7) is 5.79. The average molecular weight is 232 g/mol. The standard InChI is InChI=1S/C15H24N2/c1-2-3-12-17(13-14-8-7-11-16-14)15-9-5-4-6-10-15/h4-6,9-10,14,16H,2-3,7-8,11-13H2,1H3. The highest BCUT2D eigenvalue weighted by Crippen LogP contribution is 2.17. The number of nitrogens with zero attached hydrogens (tertiary/aromatic N) is 1. The molecular weight excluding hydrogens is 208 g/mol. The molecule has 2 heteroatoms. The van der Waals surface area contributed by atoms with Crippen molar-refractivity contribution >= 4 is 5.69 Å². The van der Waals surface area contributed by atoms with Crippen LogP contribution in [-0.2, 0) is 0 Å². The summed E-state index contributed by atoms with van der Waals surface area (Å²) in [6, 6.07) is 11.5. The lowest BCUT2D eigenvalue weighted by Gasteiger charge is -2.27. The molecule has 0 radical (unpaired) electrons. The molecule has 0 aromatic heterocycles. The van der Waals surface area contributed by atoms with E-state index < -0.39 is 0 Å². The smallest absolute Gasteiger partial charge is 0.0366 e. The highest BCUT2D eigenvalue weighted by Gasteiger charge is 2.17. The molecular formula is C15H24N2. The quantitative estimate of drug-likeness (QED) is 0.811. The van der Waals surface area contributed by atoms with Crippen LogP contribution in [0.3, 0.4) is 0 Å². The molecule has 1 heterocycles.